The summed E-state index contributed by atoms with van der Waals surface area (Å²) < 4.78 is 57.1. The first kappa shape index (κ1) is 20.3. The van der Waals surface area contributed by atoms with Crippen molar-refractivity contribution < 1.29 is 21.6 Å². The molecular weight excluding hydrogens is 412 g/mol. The zero-order chi connectivity index (χ0) is 20.3. The fourth-order valence-corrected chi connectivity index (χ4v) is 5.07. The average Bonchev–Trinajstić information content (AvgIpc) is 3.28. The number of pyridine rings is 1. The Morgan fingerprint density at radius 3 is 2.64 bits per heavy atom. The Balaban J connectivity index is 1.88. The fourth-order valence-electron chi connectivity index (χ4n) is 2.39. The second-order valence-electron chi connectivity index (χ2n) is 6.25. The summed E-state index contributed by atoms with van der Waals surface area (Å²) in [7, 11) is -3.63. The lowest BCUT2D eigenvalue weighted by atomic mass is 10.3. The molecule has 0 aliphatic carbocycles. The smallest absolute Gasteiger partial charge is 0.314 e. The maximum absolute atomic E-state index is 12.9. The SMILES string of the molecule is CC(C)CS(=O)(=O)N(Cc1ncc(-c2nnc(C(F)F)o2)s1)c1cccnc1. The third-order valence-electron chi connectivity index (χ3n) is 3.48. The highest BCUT2D eigenvalue weighted by atomic mass is 32.2. The number of hydrogen-bond acceptors (Lipinski definition) is 8. The number of aromatic nitrogens is 4. The van der Waals surface area contributed by atoms with Crippen LogP contribution in [-0.4, -0.2) is 34.3 Å². The van der Waals surface area contributed by atoms with E-state index in [9.17, 15) is 17.2 Å². The molecule has 0 aliphatic rings. The minimum atomic E-state index is -3.63. The highest BCUT2D eigenvalue weighted by Crippen LogP contribution is 2.30. The normalized spacial score (nSPS) is 12.1. The van der Waals surface area contributed by atoms with Gasteiger partial charge in [-0.3, -0.25) is 9.29 Å². The van der Waals surface area contributed by atoms with Crippen LogP contribution in [0.1, 0.15) is 31.2 Å². The van der Waals surface area contributed by atoms with Crippen LogP contribution < -0.4 is 4.31 Å². The lowest BCUT2D eigenvalue weighted by Gasteiger charge is -2.24. The summed E-state index contributed by atoms with van der Waals surface area (Å²) in [6, 6.07) is 3.29. The molecule has 0 fully saturated rings. The summed E-state index contributed by atoms with van der Waals surface area (Å²) in [4.78, 5) is 8.54. The minimum Gasteiger partial charge on any atom is -0.414 e. The van der Waals surface area contributed by atoms with Gasteiger partial charge in [0.25, 0.3) is 11.8 Å². The molecule has 0 radical (unpaired) electrons. The molecule has 0 bridgehead atoms. The van der Waals surface area contributed by atoms with Crippen molar-refractivity contribution in [2.75, 3.05) is 10.1 Å². The van der Waals surface area contributed by atoms with Gasteiger partial charge in [0, 0.05) is 6.20 Å². The van der Waals surface area contributed by atoms with E-state index in [-0.39, 0.29) is 24.1 Å². The van der Waals surface area contributed by atoms with Crippen LogP contribution in [0.3, 0.4) is 0 Å². The first-order valence-corrected chi connectivity index (χ1v) is 10.7. The Kier molecular flexibility index (Phi) is 5.98. The topological polar surface area (TPSA) is 102 Å². The van der Waals surface area contributed by atoms with Crippen molar-refractivity contribution in [2.45, 2.75) is 26.8 Å². The fraction of sp³-hybridized carbons (Fsp3) is 0.375. The van der Waals surface area contributed by atoms with Gasteiger partial charge in [0.15, 0.2) is 0 Å². The third-order valence-corrected chi connectivity index (χ3v) is 6.55. The van der Waals surface area contributed by atoms with Crippen LogP contribution in [0.2, 0.25) is 0 Å². The predicted molar refractivity (Wildman–Crippen MR) is 99.4 cm³/mol. The van der Waals surface area contributed by atoms with Crippen LogP contribution in [0.5, 0.6) is 0 Å². The van der Waals surface area contributed by atoms with E-state index in [0.717, 1.165) is 11.3 Å². The van der Waals surface area contributed by atoms with Gasteiger partial charge < -0.3 is 4.42 Å². The molecule has 3 rings (SSSR count). The lowest BCUT2D eigenvalue weighted by molar-refractivity contribution is 0.116. The third kappa shape index (κ3) is 4.68. The number of anilines is 1. The molecule has 0 aliphatic heterocycles. The summed E-state index contributed by atoms with van der Waals surface area (Å²) >= 11 is 1.09. The van der Waals surface area contributed by atoms with Crippen LogP contribution >= 0.6 is 11.3 Å². The summed E-state index contributed by atoms with van der Waals surface area (Å²) in [6.07, 6.45) is 1.53. The number of alkyl halides is 2. The lowest BCUT2D eigenvalue weighted by Crippen LogP contribution is -2.34. The quantitative estimate of drug-likeness (QED) is 0.540. The maximum Gasteiger partial charge on any atom is 0.314 e. The summed E-state index contributed by atoms with van der Waals surface area (Å²) in [5.74, 6) is -0.970. The molecule has 3 heterocycles. The van der Waals surface area contributed by atoms with E-state index in [4.69, 9.17) is 4.42 Å². The molecule has 0 unspecified atom stereocenters. The minimum absolute atomic E-state index is 0.0265. The maximum atomic E-state index is 12.9. The Labute approximate surface area is 164 Å². The van der Waals surface area contributed by atoms with E-state index in [1.807, 2.05) is 13.8 Å². The number of halogens is 2. The van der Waals surface area contributed by atoms with Gasteiger partial charge in [0.2, 0.25) is 10.0 Å². The monoisotopic (exact) mass is 429 g/mol. The van der Waals surface area contributed by atoms with Gasteiger partial charge in [-0.25, -0.2) is 13.4 Å². The first-order chi connectivity index (χ1) is 13.3. The van der Waals surface area contributed by atoms with Gasteiger partial charge in [-0.2, -0.15) is 8.78 Å². The number of hydrogen-bond donors (Lipinski definition) is 0. The molecule has 0 aromatic carbocycles. The van der Waals surface area contributed by atoms with Gasteiger partial charge in [-0.1, -0.05) is 13.8 Å². The van der Waals surface area contributed by atoms with E-state index in [1.165, 1.54) is 16.7 Å². The van der Waals surface area contributed by atoms with Gasteiger partial charge >= 0.3 is 6.43 Å². The zero-order valence-electron chi connectivity index (χ0n) is 15.0. The largest absolute Gasteiger partial charge is 0.414 e. The first-order valence-electron chi connectivity index (χ1n) is 8.23. The Bertz CT molecular complexity index is 1020. The molecule has 12 heteroatoms. The van der Waals surface area contributed by atoms with Crippen molar-refractivity contribution in [3.63, 3.8) is 0 Å². The molecule has 0 saturated carbocycles. The molecule has 3 aromatic heterocycles. The van der Waals surface area contributed by atoms with Crippen molar-refractivity contribution in [3.05, 3.63) is 41.6 Å². The molecule has 150 valence electrons. The Morgan fingerprint density at radius 1 is 1.25 bits per heavy atom. The van der Waals surface area contributed by atoms with E-state index in [1.54, 1.807) is 18.3 Å². The second kappa shape index (κ2) is 8.27. The molecule has 28 heavy (non-hydrogen) atoms. The number of rotatable bonds is 8. The molecular formula is C16H17F2N5O3S2. The van der Waals surface area contributed by atoms with Crippen molar-refractivity contribution in [3.8, 4) is 10.8 Å². The van der Waals surface area contributed by atoms with Crippen molar-refractivity contribution in [1.82, 2.24) is 20.2 Å². The molecule has 0 atom stereocenters. The molecule has 0 N–H and O–H groups in total. The second-order valence-corrected chi connectivity index (χ2v) is 9.31. The number of sulfonamides is 1. The number of nitrogens with zero attached hydrogens (tertiary/aromatic N) is 5. The zero-order valence-corrected chi connectivity index (χ0v) is 16.6. The van der Waals surface area contributed by atoms with E-state index in [0.29, 0.717) is 15.6 Å². The summed E-state index contributed by atoms with van der Waals surface area (Å²) in [5.41, 5.74) is 0.415. The Morgan fingerprint density at radius 2 is 2.04 bits per heavy atom. The van der Waals surface area contributed by atoms with Gasteiger partial charge in [0.1, 0.15) is 9.88 Å². The van der Waals surface area contributed by atoms with Crippen LogP contribution in [0, 0.1) is 5.92 Å². The average molecular weight is 429 g/mol. The summed E-state index contributed by atoms with van der Waals surface area (Å²) in [5, 5.41) is 7.30. The number of thiazole rings is 1. The van der Waals surface area contributed by atoms with Gasteiger partial charge in [-0.05, 0) is 18.1 Å². The van der Waals surface area contributed by atoms with Crippen LogP contribution in [0.15, 0.2) is 35.1 Å². The molecule has 0 saturated heterocycles. The molecule has 8 nitrogen and oxygen atoms in total. The highest BCUT2D eigenvalue weighted by molar-refractivity contribution is 7.92. The van der Waals surface area contributed by atoms with Crippen molar-refractivity contribution in [1.29, 1.82) is 0 Å². The van der Waals surface area contributed by atoms with Gasteiger partial charge in [0.05, 0.1) is 30.4 Å². The van der Waals surface area contributed by atoms with E-state index < -0.39 is 22.3 Å². The van der Waals surface area contributed by atoms with Crippen LogP contribution in [0.25, 0.3) is 10.8 Å². The molecule has 0 spiro atoms. The van der Waals surface area contributed by atoms with Crippen LogP contribution in [-0.2, 0) is 16.6 Å². The van der Waals surface area contributed by atoms with E-state index >= 15 is 0 Å². The standard InChI is InChI=1S/C16H17F2N5O3S2/c1-10(2)9-28(24,25)23(11-4-3-5-19-6-11)8-13-20-7-12(27-13)15-21-22-16(26-15)14(17)18/h3-7,10,14H,8-9H2,1-2H3. The highest BCUT2D eigenvalue weighted by Gasteiger charge is 2.26. The predicted octanol–water partition coefficient (Wildman–Crippen LogP) is 3.52. The van der Waals surface area contributed by atoms with E-state index in [2.05, 4.69) is 20.2 Å². The summed E-state index contributed by atoms with van der Waals surface area (Å²) in [6.45, 7) is 3.61. The van der Waals surface area contributed by atoms with Crippen molar-refractivity contribution in [2.24, 2.45) is 5.92 Å². The Hall–Kier alpha value is -2.47. The molecule has 0 amide bonds. The van der Waals surface area contributed by atoms with Crippen LogP contribution in [0.4, 0.5) is 14.5 Å². The van der Waals surface area contributed by atoms with Crippen molar-refractivity contribution >= 4 is 27.0 Å². The molecule has 3 aromatic rings. The van der Waals surface area contributed by atoms with Gasteiger partial charge in [-0.15, -0.1) is 21.5 Å².